The van der Waals surface area contributed by atoms with E-state index < -0.39 is 0 Å². The Kier molecular flexibility index (Phi) is 7.35. The van der Waals surface area contributed by atoms with Crippen LogP contribution in [0, 0.1) is 0 Å². The monoisotopic (exact) mass is 718 g/mol. The molecule has 262 valence electrons. The molecule has 0 aliphatic carbocycles. The van der Waals surface area contributed by atoms with Crippen LogP contribution >= 0.6 is 0 Å². The van der Waals surface area contributed by atoms with Crippen molar-refractivity contribution < 1.29 is 4.42 Å². The second-order valence-electron chi connectivity index (χ2n) is 13.9. The Morgan fingerprint density at radius 2 is 0.964 bits per heavy atom. The van der Waals surface area contributed by atoms with Gasteiger partial charge in [0.1, 0.15) is 5.58 Å². The Balaban J connectivity index is 0.969. The van der Waals surface area contributed by atoms with Crippen LogP contribution in [-0.4, -0.2) is 24.9 Å². The second-order valence-corrected chi connectivity index (χ2v) is 13.9. The first kappa shape index (κ1) is 31.7. The Morgan fingerprint density at radius 1 is 0.393 bits per heavy atom. The van der Waals surface area contributed by atoms with Crippen molar-refractivity contribution in [1.82, 2.24) is 24.9 Å². The van der Waals surface area contributed by atoms with Gasteiger partial charge in [-0.3, -0.25) is 19.9 Å². The maximum Gasteiger partial charge on any atom is 0.227 e. The van der Waals surface area contributed by atoms with Crippen molar-refractivity contribution >= 4 is 71.4 Å². The molecule has 6 heterocycles. The summed E-state index contributed by atoms with van der Waals surface area (Å²) in [5.41, 5.74) is 10.4. The van der Waals surface area contributed by atoms with Gasteiger partial charge in [-0.05, 0) is 106 Å². The SMILES string of the molecule is c1ccc2c(c1)oc1nc(-c3ccc4cc(N(c5ccc(-c6cc7ccncc7cn6)cc5)c5ccc(-c6cc7ccncc7cn6)cc5)ccc4c3)ccc12. The molecule has 7 nitrogen and oxygen atoms in total. The minimum absolute atomic E-state index is 0.647. The molecule has 0 aliphatic heterocycles. The van der Waals surface area contributed by atoms with Crippen molar-refractivity contribution in [3.63, 3.8) is 0 Å². The Hall–Kier alpha value is -7.77. The minimum atomic E-state index is 0.647. The Labute approximate surface area is 321 Å². The van der Waals surface area contributed by atoms with Crippen molar-refractivity contribution in [2.75, 3.05) is 4.90 Å². The molecule has 0 spiro atoms. The van der Waals surface area contributed by atoms with Gasteiger partial charge in [0.15, 0.2) is 0 Å². The molecule has 0 saturated heterocycles. The summed E-state index contributed by atoms with van der Waals surface area (Å²) in [7, 11) is 0. The molecule has 0 aliphatic rings. The first-order valence-electron chi connectivity index (χ1n) is 18.4. The third-order valence-corrected chi connectivity index (χ3v) is 10.5. The summed E-state index contributed by atoms with van der Waals surface area (Å²) >= 11 is 0. The smallest absolute Gasteiger partial charge is 0.227 e. The van der Waals surface area contributed by atoms with Gasteiger partial charge in [0.05, 0.1) is 17.1 Å². The number of nitrogens with zero attached hydrogens (tertiary/aromatic N) is 6. The van der Waals surface area contributed by atoms with Crippen molar-refractivity contribution in [3.05, 3.63) is 183 Å². The van der Waals surface area contributed by atoms with Gasteiger partial charge in [-0.25, -0.2) is 4.98 Å². The lowest BCUT2D eigenvalue weighted by atomic mass is 10.0. The molecule has 0 bridgehead atoms. The number of pyridine rings is 5. The molecule has 11 aromatic rings. The topological polar surface area (TPSA) is 80.8 Å². The maximum absolute atomic E-state index is 6.10. The second kappa shape index (κ2) is 13.0. The molecule has 5 aromatic carbocycles. The number of aromatic nitrogens is 5. The molecule has 0 N–H and O–H groups in total. The number of anilines is 3. The molecule has 7 heteroatoms. The molecule has 11 rings (SSSR count). The van der Waals surface area contributed by atoms with E-state index in [1.165, 1.54) is 0 Å². The van der Waals surface area contributed by atoms with Crippen molar-refractivity contribution in [1.29, 1.82) is 0 Å². The summed E-state index contributed by atoms with van der Waals surface area (Å²) in [6.45, 7) is 0. The van der Waals surface area contributed by atoms with Gasteiger partial charge in [-0.2, -0.15) is 0 Å². The average Bonchev–Trinajstić information content (AvgIpc) is 3.64. The maximum atomic E-state index is 6.10. The zero-order valence-corrected chi connectivity index (χ0v) is 29.9. The average molecular weight is 719 g/mol. The molecule has 0 atom stereocenters. The summed E-state index contributed by atoms with van der Waals surface area (Å²) in [6, 6.07) is 50.8. The summed E-state index contributed by atoms with van der Waals surface area (Å²) in [5, 5.41) is 8.60. The molecule has 6 aromatic heterocycles. The summed E-state index contributed by atoms with van der Waals surface area (Å²) < 4.78 is 6.10. The van der Waals surface area contributed by atoms with Crippen molar-refractivity contribution in [2.24, 2.45) is 0 Å². The van der Waals surface area contributed by atoms with Gasteiger partial charge >= 0.3 is 0 Å². The first-order valence-corrected chi connectivity index (χ1v) is 18.4. The summed E-state index contributed by atoms with van der Waals surface area (Å²) in [4.78, 5) is 25.2. The zero-order chi connectivity index (χ0) is 37.0. The van der Waals surface area contributed by atoms with Crippen molar-refractivity contribution in [3.8, 4) is 33.8 Å². The van der Waals surface area contributed by atoms with Crippen molar-refractivity contribution in [2.45, 2.75) is 0 Å². The molecule has 56 heavy (non-hydrogen) atoms. The molecule has 0 saturated carbocycles. The predicted octanol–water partition coefficient (Wildman–Crippen LogP) is 12.5. The van der Waals surface area contributed by atoms with Gasteiger partial charge in [-0.1, -0.05) is 60.7 Å². The highest BCUT2D eigenvalue weighted by molar-refractivity contribution is 6.04. The molecule has 0 amide bonds. The zero-order valence-electron chi connectivity index (χ0n) is 29.9. The van der Waals surface area contributed by atoms with E-state index in [0.717, 1.165) is 99.5 Å². The normalized spacial score (nSPS) is 11.6. The number of para-hydroxylation sites is 1. The van der Waals surface area contributed by atoms with Crippen LogP contribution in [0.15, 0.2) is 187 Å². The van der Waals surface area contributed by atoms with Crippen LogP contribution in [0.1, 0.15) is 0 Å². The van der Waals surface area contributed by atoms with Gasteiger partial charge in [-0.15, -0.1) is 0 Å². The van der Waals surface area contributed by atoms with E-state index >= 15 is 0 Å². The summed E-state index contributed by atoms with van der Waals surface area (Å²) in [6.07, 6.45) is 11.1. The quantitative estimate of drug-likeness (QED) is 0.169. The van der Waals surface area contributed by atoms with Gasteiger partial charge in [0.2, 0.25) is 5.71 Å². The fourth-order valence-electron chi connectivity index (χ4n) is 7.58. The molecule has 0 unspecified atom stereocenters. The highest BCUT2D eigenvalue weighted by Gasteiger charge is 2.16. The standard InChI is InChI=1S/C49H30N6O/c1-2-4-48-43(3-1)44-17-18-45(54-49(44)56-48)37-6-5-34-24-42(16-11-33(34)23-37)55(40-12-7-31(8-13-40)46-25-35-19-21-50-27-38(35)29-52-46)41-14-9-32(10-15-41)47-26-36-20-22-51-28-39(36)30-53-47/h1-30H. The predicted molar refractivity (Wildman–Crippen MR) is 226 cm³/mol. The van der Waals surface area contributed by atoms with Crippen LogP contribution in [0.5, 0.6) is 0 Å². The van der Waals surface area contributed by atoms with E-state index in [1.54, 1.807) is 0 Å². The highest BCUT2D eigenvalue weighted by Crippen LogP contribution is 2.39. The number of hydrogen-bond acceptors (Lipinski definition) is 7. The molecular formula is C49H30N6O. The van der Waals surface area contributed by atoms with E-state index in [1.807, 2.05) is 67.5 Å². The highest BCUT2D eigenvalue weighted by atomic mass is 16.3. The lowest BCUT2D eigenvalue weighted by Gasteiger charge is -2.26. The van der Waals surface area contributed by atoms with Crippen LogP contribution in [0.25, 0.3) is 88.2 Å². The minimum Gasteiger partial charge on any atom is -0.438 e. The van der Waals surface area contributed by atoms with Crippen LogP contribution in [0.4, 0.5) is 17.1 Å². The van der Waals surface area contributed by atoms with Gasteiger partial charge in [0.25, 0.3) is 0 Å². The fourth-order valence-corrected chi connectivity index (χ4v) is 7.58. The third-order valence-electron chi connectivity index (χ3n) is 10.5. The van der Waals surface area contributed by atoms with Gasteiger partial charge in [0, 0.05) is 92.5 Å². The fraction of sp³-hybridized carbons (Fsp3) is 0. The van der Waals surface area contributed by atoms with Crippen LogP contribution in [0.2, 0.25) is 0 Å². The molecule has 0 radical (unpaired) electrons. The molecular weight excluding hydrogens is 689 g/mol. The number of hydrogen-bond donors (Lipinski definition) is 0. The number of fused-ring (bicyclic) bond motifs is 6. The van der Waals surface area contributed by atoms with E-state index in [0.29, 0.717) is 5.71 Å². The van der Waals surface area contributed by atoms with E-state index in [-0.39, 0.29) is 0 Å². The first-order chi connectivity index (χ1) is 27.7. The van der Waals surface area contributed by atoms with Gasteiger partial charge < -0.3 is 9.32 Å². The Bertz CT molecular complexity index is 3140. The Morgan fingerprint density at radius 3 is 1.64 bits per heavy atom. The van der Waals surface area contributed by atoms with Crippen LogP contribution < -0.4 is 4.90 Å². The largest absolute Gasteiger partial charge is 0.438 e. The van der Waals surface area contributed by atoms with E-state index in [9.17, 15) is 0 Å². The number of rotatable bonds is 6. The van der Waals surface area contributed by atoms with Crippen LogP contribution in [0.3, 0.4) is 0 Å². The number of benzene rings is 5. The molecule has 0 fully saturated rings. The lowest BCUT2D eigenvalue weighted by Crippen LogP contribution is -2.10. The number of furan rings is 1. The van der Waals surface area contributed by atoms with E-state index in [4.69, 9.17) is 19.4 Å². The third kappa shape index (κ3) is 5.58. The van der Waals surface area contributed by atoms with E-state index in [2.05, 4.69) is 130 Å². The lowest BCUT2D eigenvalue weighted by molar-refractivity contribution is 0.654. The summed E-state index contributed by atoms with van der Waals surface area (Å²) in [5.74, 6) is 0. The van der Waals surface area contributed by atoms with Crippen LogP contribution in [-0.2, 0) is 0 Å².